The number of carbonyl (C=O) groups excluding carboxylic acids is 4. The number of esters is 1. The van der Waals surface area contributed by atoms with E-state index >= 15 is 0 Å². The molecular formula is C31H43NO8. The van der Waals surface area contributed by atoms with E-state index in [2.05, 4.69) is 6.58 Å². The minimum absolute atomic E-state index is 0.0359. The summed E-state index contributed by atoms with van der Waals surface area (Å²) >= 11 is 0. The number of fused-ring (bicyclic) bond motifs is 2. The maximum Gasteiger partial charge on any atom is 0.309 e. The van der Waals surface area contributed by atoms with E-state index in [1.807, 2.05) is 34.6 Å². The third-order valence-electron chi connectivity index (χ3n) is 11.6. The number of aliphatic hydroxyl groups excluding tert-OH is 1. The van der Waals surface area contributed by atoms with Gasteiger partial charge in [0.2, 0.25) is 11.7 Å². The molecule has 4 saturated carbocycles. The predicted octanol–water partition coefficient (Wildman–Crippen LogP) is 2.42. The average Bonchev–Trinajstić information content (AvgIpc) is 3.01. The summed E-state index contributed by atoms with van der Waals surface area (Å²) in [5.41, 5.74) is -3.66. The van der Waals surface area contributed by atoms with E-state index in [0.29, 0.717) is 51.6 Å². The van der Waals surface area contributed by atoms with Crippen molar-refractivity contribution < 1.29 is 38.9 Å². The fourth-order valence-electron chi connectivity index (χ4n) is 9.78. The van der Waals surface area contributed by atoms with Gasteiger partial charge in [-0.2, -0.15) is 0 Å². The largest absolute Gasteiger partial charge is 0.460 e. The van der Waals surface area contributed by atoms with Crippen LogP contribution in [0.15, 0.2) is 12.2 Å². The van der Waals surface area contributed by atoms with Gasteiger partial charge in [0, 0.05) is 36.8 Å². The number of Topliss-reactive ketones (excluding diaryl/α,β-unsaturated/α-hetero) is 2. The van der Waals surface area contributed by atoms with E-state index in [4.69, 9.17) is 9.47 Å². The lowest BCUT2D eigenvalue weighted by Crippen LogP contribution is -2.85. The molecule has 7 rings (SSSR count). The molecule has 3 heterocycles. The number of hydrogen-bond donors (Lipinski definition) is 2. The topological polar surface area (TPSA) is 130 Å². The van der Waals surface area contributed by atoms with Crippen molar-refractivity contribution in [3.8, 4) is 0 Å². The number of piperidine rings is 1. The Bertz CT molecular complexity index is 1190. The molecule has 220 valence electrons. The first kappa shape index (κ1) is 28.0. The lowest BCUT2D eigenvalue weighted by Gasteiger charge is -2.73. The molecule has 0 aromatic rings. The standard InChI is InChI=1S/C31H43NO8/c1-16-18-7-8-19-29-15-39-31(38,23(35)21(29)28(5,6)12-9-20(29)33)30(19,22(16)34)24(18)40-25(36)17-10-13-32(14-11-17)26(37)27(2,3)4/h17-19,21,23-24,35,38H,1,7-15H2,2-6H3/t18-,19-,21+,23-,24+,29+,30-,31+/m0/s1. The van der Waals surface area contributed by atoms with Crippen molar-refractivity contribution in [3.63, 3.8) is 0 Å². The van der Waals surface area contributed by atoms with Crippen LogP contribution >= 0.6 is 0 Å². The average molecular weight is 558 g/mol. The summed E-state index contributed by atoms with van der Waals surface area (Å²) in [5.74, 6) is -5.46. The normalized spacial score (nSPS) is 44.3. The van der Waals surface area contributed by atoms with Gasteiger partial charge in [0.25, 0.3) is 0 Å². The molecule has 0 radical (unpaired) electrons. The maximum atomic E-state index is 14.2. The number of likely N-dealkylation sites (tertiary alicyclic amines) is 1. The molecule has 0 aromatic heterocycles. The van der Waals surface area contributed by atoms with Crippen LogP contribution < -0.4 is 0 Å². The monoisotopic (exact) mass is 557 g/mol. The molecule has 0 aromatic carbocycles. The molecule has 3 saturated heterocycles. The van der Waals surface area contributed by atoms with Crippen LogP contribution in [-0.4, -0.2) is 76.2 Å². The van der Waals surface area contributed by atoms with Gasteiger partial charge < -0.3 is 24.6 Å². The zero-order chi connectivity index (χ0) is 29.2. The van der Waals surface area contributed by atoms with Crippen molar-refractivity contribution in [2.24, 2.45) is 45.3 Å². The maximum absolute atomic E-state index is 14.2. The van der Waals surface area contributed by atoms with Crippen molar-refractivity contribution in [3.05, 3.63) is 12.2 Å². The summed E-state index contributed by atoms with van der Waals surface area (Å²) in [5, 5.41) is 24.1. The Balaban J connectivity index is 1.35. The molecule has 9 nitrogen and oxygen atoms in total. The molecular weight excluding hydrogens is 514 g/mol. The Morgan fingerprint density at radius 2 is 1.75 bits per heavy atom. The van der Waals surface area contributed by atoms with Gasteiger partial charge in [0.15, 0.2) is 5.78 Å². The third-order valence-corrected chi connectivity index (χ3v) is 11.6. The first-order chi connectivity index (χ1) is 18.5. The van der Waals surface area contributed by atoms with Crippen LogP contribution in [0.4, 0.5) is 0 Å². The van der Waals surface area contributed by atoms with Gasteiger partial charge in [0.05, 0.1) is 17.9 Å². The van der Waals surface area contributed by atoms with E-state index < -0.39 is 75.1 Å². The van der Waals surface area contributed by atoms with Gasteiger partial charge in [-0.05, 0) is 49.0 Å². The fraction of sp³-hybridized carbons (Fsp3) is 0.806. The summed E-state index contributed by atoms with van der Waals surface area (Å²) in [6, 6.07) is 0. The second-order valence-electron chi connectivity index (χ2n) is 15.0. The summed E-state index contributed by atoms with van der Waals surface area (Å²) < 4.78 is 12.3. The minimum Gasteiger partial charge on any atom is -0.460 e. The van der Waals surface area contributed by atoms with Gasteiger partial charge in [0.1, 0.15) is 23.4 Å². The van der Waals surface area contributed by atoms with E-state index in [0.717, 1.165) is 0 Å². The van der Waals surface area contributed by atoms with Crippen LogP contribution in [0.1, 0.15) is 73.1 Å². The van der Waals surface area contributed by atoms with Crippen molar-refractivity contribution in [1.82, 2.24) is 4.90 Å². The molecule has 4 bridgehead atoms. The first-order valence-corrected chi connectivity index (χ1v) is 14.9. The van der Waals surface area contributed by atoms with Crippen molar-refractivity contribution in [1.29, 1.82) is 0 Å². The molecule has 0 unspecified atom stereocenters. The molecule has 7 aliphatic rings. The highest BCUT2D eigenvalue weighted by Crippen LogP contribution is 2.76. The van der Waals surface area contributed by atoms with Crippen LogP contribution in [-0.2, 0) is 28.7 Å². The number of ketones is 2. The summed E-state index contributed by atoms with van der Waals surface area (Å²) in [6.45, 7) is 14.5. The number of rotatable bonds is 2. The summed E-state index contributed by atoms with van der Waals surface area (Å²) in [6.07, 6.45) is 0.149. The highest BCUT2D eigenvalue weighted by molar-refractivity contribution is 6.06. The molecule has 2 N–H and O–H groups in total. The zero-order valence-corrected chi connectivity index (χ0v) is 24.3. The number of amides is 1. The van der Waals surface area contributed by atoms with Gasteiger partial charge in [-0.25, -0.2) is 0 Å². The van der Waals surface area contributed by atoms with E-state index in [1.165, 1.54) is 0 Å². The molecule has 40 heavy (non-hydrogen) atoms. The highest BCUT2D eigenvalue weighted by atomic mass is 16.6. The molecule has 2 spiro atoms. The minimum atomic E-state index is -2.30. The zero-order valence-electron chi connectivity index (χ0n) is 24.3. The first-order valence-electron chi connectivity index (χ1n) is 14.9. The van der Waals surface area contributed by atoms with Crippen LogP contribution in [0.2, 0.25) is 0 Å². The molecule has 8 atom stereocenters. The second kappa shape index (κ2) is 8.48. The van der Waals surface area contributed by atoms with Crippen molar-refractivity contribution in [2.75, 3.05) is 19.7 Å². The smallest absolute Gasteiger partial charge is 0.309 e. The van der Waals surface area contributed by atoms with Crippen molar-refractivity contribution >= 4 is 23.4 Å². The number of aliphatic hydroxyl groups is 2. The lowest BCUT2D eigenvalue weighted by atomic mass is 9.36. The second-order valence-corrected chi connectivity index (χ2v) is 15.0. The lowest BCUT2D eigenvalue weighted by molar-refractivity contribution is -0.437. The van der Waals surface area contributed by atoms with E-state index in [1.54, 1.807) is 4.90 Å². The molecule has 4 aliphatic carbocycles. The van der Waals surface area contributed by atoms with Gasteiger partial charge >= 0.3 is 5.97 Å². The van der Waals surface area contributed by atoms with Gasteiger partial charge in [-0.3, -0.25) is 19.2 Å². The molecule has 1 amide bonds. The number of ether oxygens (including phenoxy) is 2. The Morgan fingerprint density at radius 3 is 2.38 bits per heavy atom. The Morgan fingerprint density at radius 1 is 1.10 bits per heavy atom. The quantitative estimate of drug-likeness (QED) is 0.391. The molecule has 9 heteroatoms. The number of nitrogens with zero attached hydrogens (tertiary/aromatic N) is 1. The van der Waals surface area contributed by atoms with Gasteiger partial charge in [-0.1, -0.05) is 41.2 Å². The highest BCUT2D eigenvalue weighted by Gasteiger charge is 2.88. The van der Waals surface area contributed by atoms with Crippen molar-refractivity contribution in [2.45, 2.75) is 91.1 Å². The van der Waals surface area contributed by atoms with Crippen LogP contribution in [0, 0.1) is 45.3 Å². The van der Waals surface area contributed by atoms with Crippen LogP contribution in [0.5, 0.6) is 0 Å². The van der Waals surface area contributed by atoms with Gasteiger partial charge in [-0.15, -0.1) is 0 Å². The predicted molar refractivity (Wildman–Crippen MR) is 142 cm³/mol. The van der Waals surface area contributed by atoms with Crippen LogP contribution in [0.25, 0.3) is 0 Å². The van der Waals surface area contributed by atoms with E-state index in [-0.39, 0.29) is 23.9 Å². The van der Waals surface area contributed by atoms with E-state index in [9.17, 15) is 29.4 Å². The SMILES string of the molecule is C=C1C(=O)[C@]23[C@H](OC(=O)C4CCN(C(=O)C(C)(C)C)CC4)[C@H]1CC[C@H]2[C@@]12CO[C@]3(O)[C@@H](O)[C@@H]1C(C)(C)CCC2=O. The molecule has 3 aliphatic heterocycles. The Kier molecular flexibility index (Phi) is 5.94. The Hall–Kier alpha value is -2.10. The Labute approximate surface area is 235 Å². The molecule has 7 fully saturated rings. The van der Waals surface area contributed by atoms with Crippen LogP contribution in [0.3, 0.4) is 0 Å². The summed E-state index contributed by atoms with van der Waals surface area (Å²) in [4.78, 5) is 56.2. The third kappa shape index (κ3) is 3.20. The number of hydrogen-bond acceptors (Lipinski definition) is 8. The number of carbonyl (C=O) groups is 4. The fourth-order valence-corrected chi connectivity index (χ4v) is 9.78. The summed E-state index contributed by atoms with van der Waals surface area (Å²) in [7, 11) is 0.